The van der Waals surface area contributed by atoms with Crippen molar-refractivity contribution in [3.63, 3.8) is 0 Å². The number of para-hydroxylation sites is 1. The number of furan rings is 1. The Morgan fingerprint density at radius 2 is 2.03 bits per heavy atom. The fourth-order valence-electron chi connectivity index (χ4n) is 4.21. The Bertz CT molecular complexity index is 1070. The standard InChI is InChI=1S/C23H26N2O5/c1-3-29-23(27)15-7-6-10-25(13-15)14-22(26)24-18-12-20-17(11-21(18)28-2)16-8-4-5-9-19(16)30-20/h4-5,8-9,11-12,15H,3,6-7,10,13-14H2,1-2H3,(H,24,26)/p+1/t15-/m0/s1. The normalized spacial score (nSPS) is 19.0. The SMILES string of the molecule is CCOC(=O)[C@H]1CCC[NH+](CC(=O)Nc2cc3oc4ccccc4c3cc2OC)C1. The second kappa shape index (κ2) is 8.75. The van der Waals surface area contributed by atoms with Gasteiger partial charge in [-0.1, -0.05) is 18.2 Å². The zero-order valence-electron chi connectivity index (χ0n) is 17.3. The monoisotopic (exact) mass is 411 g/mol. The minimum Gasteiger partial charge on any atom is -0.495 e. The third kappa shape index (κ3) is 4.11. The van der Waals surface area contributed by atoms with Crippen LogP contribution >= 0.6 is 0 Å². The number of rotatable bonds is 6. The molecule has 1 unspecified atom stereocenters. The van der Waals surface area contributed by atoms with Crippen LogP contribution in [0.4, 0.5) is 5.69 Å². The number of hydrogen-bond donors (Lipinski definition) is 2. The molecule has 2 N–H and O–H groups in total. The lowest BCUT2D eigenvalue weighted by Crippen LogP contribution is -3.14. The maximum absolute atomic E-state index is 12.7. The van der Waals surface area contributed by atoms with Gasteiger partial charge in [-0.2, -0.15) is 0 Å². The average Bonchev–Trinajstić information content (AvgIpc) is 3.10. The summed E-state index contributed by atoms with van der Waals surface area (Å²) < 4.78 is 16.6. The average molecular weight is 411 g/mol. The third-order valence-corrected chi connectivity index (χ3v) is 5.62. The van der Waals surface area contributed by atoms with E-state index in [1.54, 1.807) is 13.2 Å². The maximum Gasteiger partial charge on any atom is 0.314 e. The van der Waals surface area contributed by atoms with Crippen LogP contribution in [0.1, 0.15) is 19.8 Å². The number of quaternary nitrogens is 1. The Balaban J connectivity index is 1.48. The zero-order valence-corrected chi connectivity index (χ0v) is 17.3. The Kier molecular flexibility index (Phi) is 5.90. The number of piperidine rings is 1. The molecule has 1 saturated heterocycles. The van der Waals surface area contributed by atoms with Crippen LogP contribution < -0.4 is 15.0 Å². The molecule has 1 aromatic heterocycles. The molecule has 7 nitrogen and oxygen atoms in total. The Hall–Kier alpha value is -3.06. The molecule has 30 heavy (non-hydrogen) atoms. The molecule has 158 valence electrons. The Morgan fingerprint density at radius 1 is 1.20 bits per heavy atom. The number of fused-ring (bicyclic) bond motifs is 3. The highest BCUT2D eigenvalue weighted by atomic mass is 16.5. The first-order valence-electron chi connectivity index (χ1n) is 10.4. The van der Waals surface area contributed by atoms with E-state index in [2.05, 4.69) is 5.32 Å². The number of esters is 1. The van der Waals surface area contributed by atoms with Gasteiger partial charge < -0.3 is 24.1 Å². The molecule has 1 aliphatic rings. The number of ether oxygens (including phenoxy) is 2. The second-order valence-corrected chi connectivity index (χ2v) is 7.67. The van der Waals surface area contributed by atoms with Gasteiger partial charge in [-0.25, -0.2) is 0 Å². The van der Waals surface area contributed by atoms with E-state index in [-0.39, 0.29) is 24.3 Å². The molecule has 0 spiro atoms. The summed E-state index contributed by atoms with van der Waals surface area (Å²) in [6.07, 6.45) is 1.72. The van der Waals surface area contributed by atoms with Crippen molar-refractivity contribution in [3.8, 4) is 5.75 Å². The summed E-state index contributed by atoms with van der Waals surface area (Å²) in [4.78, 5) is 25.8. The van der Waals surface area contributed by atoms with Gasteiger partial charge in [0.25, 0.3) is 5.91 Å². The molecule has 3 aromatic rings. The van der Waals surface area contributed by atoms with Crippen LogP contribution in [0.25, 0.3) is 21.9 Å². The van der Waals surface area contributed by atoms with Gasteiger partial charge in [-0.3, -0.25) is 9.59 Å². The highest BCUT2D eigenvalue weighted by Crippen LogP contribution is 2.36. The number of methoxy groups -OCH3 is 1. The van der Waals surface area contributed by atoms with Gasteiger partial charge in [0.15, 0.2) is 6.54 Å². The van der Waals surface area contributed by atoms with Crippen molar-refractivity contribution in [1.82, 2.24) is 0 Å². The summed E-state index contributed by atoms with van der Waals surface area (Å²) in [5.41, 5.74) is 2.06. The smallest absolute Gasteiger partial charge is 0.314 e. The van der Waals surface area contributed by atoms with E-state index in [0.29, 0.717) is 30.2 Å². The number of likely N-dealkylation sites (tertiary alicyclic amines) is 1. The number of carbonyl (C=O) groups excluding carboxylic acids is 2. The summed E-state index contributed by atoms with van der Waals surface area (Å²) >= 11 is 0. The van der Waals surface area contributed by atoms with Crippen LogP contribution in [-0.4, -0.2) is 45.2 Å². The van der Waals surface area contributed by atoms with Crippen molar-refractivity contribution in [3.05, 3.63) is 36.4 Å². The maximum atomic E-state index is 12.7. The van der Waals surface area contributed by atoms with Gasteiger partial charge in [0.1, 0.15) is 22.8 Å². The summed E-state index contributed by atoms with van der Waals surface area (Å²) in [6, 6.07) is 11.5. The van der Waals surface area contributed by atoms with Crippen molar-refractivity contribution in [1.29, 1.82) is 0 Å². The third-order valence-electron chi connectivity index (χ3n) is 5.62. The quantitative estimate of drug-likeness (QED) is 0.609. The van der Waals surface area contributed by atoms with E-state index in [1.807, 2.05) is 37.3 Å². The van der Waals surface area contributed by atoms with E-state index >= 15 is 0 Å². The van der Waals surface area contributed by atoms with Gasteiger partial charge >= 0.3 is 5.97 Å². The minimum absolute atomic E-state index is 0.122. The van der Waals surface area contributed by atoms with Crippen molar-refractivity contribution in [2.75, 3.05) is 38.7 Å². The molecular weight excluding hydrogens is 384 g/mol. The Labute approximate surface area is 174 Å². The van der Waals surface area contributed by atoms with Crippen molar-refractivity contribution >= 4 is 39.5 Å². The summed E-state index contributed by atoms with van der Waals surface area (Å²) in [7, 11) is 1.58. The largest absolute Gasteiger partial charge is 0.495 e. The molecule has 2 heterocycles. The zero-order chi connectivity index (χ0) is 21.1. The molecule has 0 saturated carbocycles. The van der Waals surface area contributed by atoms with Crippen LogP contribution in [0.5, 0.6) is 5.75 Å². The van der Waals surface area contributed by atoms with Gasteiger partial charge in [-0.05, 0) is 31.9 Å². The van der Waals surface area contributed by atoms with Gasteiger partial charge in [0.2, 0.25) is 0 Å². The number of anilines is 1. The predicted octanol–water partition coefficient (Wildman–Crippen LogP) is 2.39. The van der Waals surface area contributed by atoms with Crippen molar-refractivity contribution < 1.29 is 28.4 Å². The fraction of sp³-hybridized carbons (Fsp3) is 0.391. The number of amides is 1. The highest BCUT2D eigenvalue weighted by Gasteiger charge is 2.31. The van der Waals surface area contributed by atoms with E-state index in [0.717, 1.165) is 40.6 Å². The number of carbonyl (C=O) groups is 2. The molecule has 0 bridgehead atoms. The van der Waals surface area contributed by atoms with E-state index in [4.69, 9.17) is 13.9 Å². The van der Waals surface area contributed by atoms with Crippen LogP contribution in [0.3, 0.4) is 0 Å². The topological polar surface area (TPSA) is 82.2 Å². The molecule has 1 amide bonds. The van der Waals surface area contributed by atoms with Crippen LogP contribution in [0.2, 0.25) is 0 Å². The highest BCUT2D eigenvalue weighted by molar-refractivity contribution is 6.07. The summed E-state index contributed by atoms with van der Waals surface area (Å²) in [5, 5.41) is 4.90. The van der Waals surface area contributed by atoms with Crippen molar-refractivity contribution in [2.24, 2.45) is 5.92 Å². The number of hydrogen-bond acceptors (Lipinski definition) is 5. The second-order valence-electron chi connectivity index (χ2n) is 7.67. The molecule has 2 aromatic carbocycles. The lowest BCUT2D eigenvalue weighted by molar-refractivity contribution is -0.899. The Morgan fingerprint density at radius 3 is 2.83 bits per heavy atom. The number of nitrogens with one attached hydrogen (secondary N) is 2. The molecule has 1 fully saturated rings. The minimum atomic E-state index is -0.160. The molecule has 2 atom stereocenters. The van der Waals surface area contributed by atoms with Gasteiger partial charge in [0, 0.05) is 16.8 Å². The van der Waals surface area contributed by atoms with Gasteiger partial charge in [0.05, 0.1) is 32.5 Å². The van der Waals surface area contributed by atoms with Crippen LogP contribution in [0.15, 0.2) is 40.8 Å². The summed E-state index contributed by atoms with van der Waals surface area (Å²) in [5.74, 6) is 0.166. The summed E-state index contributed by atoms with van der Waals surface area (Å²) in [6.45, 7) is 3.96. The fourth-order valence-corrected chi connectivity index (χ4v) is 4.21. The molecule has 4 rings (SSSR count). The van der Waals surface area contributed by atoms with E-state index in [1.165, 1.54) is 0 Å². The van der Waals surface area contributed by atoms with E-state index < -0.39 is 0 Å². The van der Waals surface area contributed by atoms with E-state index in [9.17, 15) is 9.59 Å². The molecule has 0 radical (unpaired) electrons. The van der Waals surface area contributed by atoms with Gasteiger partial charge in [-0.15, -0.1) is 0 Å². The molecule has 7 heteroatoms. The molecule has 1 aliphatic heterocycles. The first-order valence-corrected chi connectivity index (χ1v) is 10.4. The van der Waals surface area contributed by atoms with Crippen molar-refractivity contribution in [2.45, 2.75) is 19.8 Å². The van der Waals surface area contributed by atoms with Crippen LogP contribution in [0, 0.1) is 5.92 Å². The number of benzene rings is 2. The lowest BCUT2D eigenvalue weighted by Gasteiger charge is -2.28. The molecular formula is C23H27N2O5+. The first-order chi connectivity index (χ1) is 14.6. The lowest BCUT2D eigenvalue weighted by atomic mass is 9.98. The van der Waals surface area contributed by atoms with Crippen LogP contribution in [-0.2, 0) is 14.3 Å². The molecule has 0 aliphatic carbocycles. The predicted molar refractivity (Wildman–Crippen MR) is 114 cm³/mol. The first kappa shape index (κ1) is 20.2.